The highest BCUT2D eigenvalue weighted by Gasteiger charge is 2.62. The fraction of sp³-hybridized carbons (Fsp3) is 0.929. The fourth-order valence-electron chi connectivity index (χ4n) is 8.58. The van der Waals surface area contributed by atoms with E-state index in [9.17, 15) is 14.0 Å². The number of fused-ring (bicyclic) bond motifs is 5. The first kappa shape index (κ1) is 27.3. The third kappa shape index (κ3) is 4.67. The van der Waals surface area contributed by atoms with Crippen molar-refractivity contribution in [2.45, 2.75) is 119 Å². The molecule has 4 rings (SSSR count). The summed E-state index contributed by atoms with van der Waals surface area (Å²) >= 11 is 0. The Kier molecular flexibility index (Phi) is 9.39. The van der Waals surface area contributed by atoms with Gasteiger partial charge < -0.3 is 5.11 Å². The molecule has 1 N–H and O–H groups in total. The van der Waals surface area contributed by atoms with Crippen LogP contribution in [0, 0.1) is 46.3 Å². The van der Waals surface area contributed by atoms with Crippen LogP contribution in [0.2, 0.25) is 0 Å². The topological polar surface area (TPSA) is 54.4 Å². The molecule has 32 heavy (non-hydrogen) atoms. The van der Waals surface area contributed by atoms with Gasteiger partial charge in [-0.15, -0.1) is 0 Å². The lowest BCUT2D eigenvalue weighted by Crippen LogP contribution is -2.58. The van der Waals surface area contributed by atoms with Crippen LogP contribution >= 0.6 is 0 Å². The van der Waals surface area contributed by atoms with Crippen molar-refractivity contribution in [3.05, 3.63) is 0 Å². The number of Topliss-reactive ketones (excluding diaryl/α,β-unsaturated/α-hetero) is 1. The van der Waals surface area contributed by atoms with E-state index >= 15 is 0 Å². The molecule has 0 aromatic carbocycles. The zero-order valence-electron chi connectivity index (χ0n) is 21.8. The third-order valence-electron chi connectivity index (χ3n) is 9.94. The number of carboxylic acid groups (broad SMARTS) is 1. The minimum absolute atomic E-state index is 0.0294. The number of hydrogen-bond acceptors (Lipinski definition) is 2. The molecule has 0 bridgehead atoms. The highest BCUT2D eigenvalue weighted by Crippen LogP contribution is 2.68. The molecule has 4 aliphatic carbocycles. The molecule has 0 aromatic rings. The summed E-state index contributed by atoms with van der Waals surface area (Å²) in [6, 6.07) is 0. The highest BCUT2D eigenvalue weighted by molar-refractivity contribution is 5.86. The van der Waals surface area contributed by atoms with E-state index in [1.165, 1.54) is 19.3 Å². The van der Waals surface area contributed by atoms with E-state index in [1.807, 2.05) is 34.6 Å². The van der Waals surface area contributed by atoms with Gasteiger partial charge >= 0.3 is 5.97 Å². The summed E-state index contributed by atoms with van der Waals surface area (Å²) in [6.45, 7) is 14.7. The highest BCUT2D eigenvalue weighted by atomic mass is 19.1. The SMILES string of the molecule is CC.CC.CC1CC2(C)C(CCC3C4CCC(CCCC(=O)O)C4(C)CCC32)C(F)C1=O. The number of rotatable bonds is 4. The fourth-order valence-corrected chi connectivity index (χ4v) is 8.58. The second-order valence-electron chi connectivity index (χ2n) is 11.1. The van der Waals surface area contributed by atoms with Crippen molar-refractivity contribution in [2.75, 3.05) is 0 Å². The molecule has 4 aliphatic rings. The summed E-state index contributed by atoms with van der Waals surface area (Å²) in [5.41, 5.74) is 0.298. The van der Waals surface area contributed by atoms with Crippen molar-refractivity contribution in [3.63, 3.8) is 0 Å². The molecule has 0 heterocycles. The Balaban J connectivity index is 0.000000860. The molecule has 0 aliphatic heterocycles. The zero-order chi connectivity index (χ0) is 24.3. The Morgan fingerprint density at radius 1 is 0.969 bits per heavy atom. The molecule has 0 amide bonds. The van der Waals surface area contributed by atoms with Crippen LogP contribution in [0.5, 0.6) is 0 Å². The normalized spacial score (nSPS) is 44.6. The van der Waals surface area contributed by atoms with Gasteiger partial charge in [-0.2, -0.15) is 0 Å². The molecule has 186 valence electrons. The van der Waals surface area contributed by atoms with Gasteiger partial charge in [-0.1, -0.05) is 48.5 Å². The van der Waals surface area contributed by atoms with Gasteiger partial charge in [0.05, 0.1) is 0 Å². The van der Waals surface area contributed by atoms with Crippen molar-refractivity contribution < 1.29 is 19.1 Å². The maximum absolute atomic E-state index is 15.0. The van der Waals surface area contributed by atoms with E-state index in [0.29, 0.717) is 29.1 Å². The Morgan fingerprint density at radius 2 is 1.56 bits per heavy atom. The number of ketones is 1. The van der Waals surface area contributed by atoms with Gasteiger partial charge in [0.25, 0.3) is 0 Å². The lowest BCUT2D eigenvalue weighted by Gasteiger charge is -2.61. The Bertz CT molecular complexity index is 649. The van der Waals surface area contributed by atoms with Crippen molar-refractivity contribution in [1.29, 1.82) is 0 Å². The monoisotopic (exact) mass is 452 g/mol. The minimum atomic E-state index is -1.25. The number of halogens is 1. The van der Waals surface area contributed by atoms with Crippen molar-refractivity contribution in [3.8, 4) is 0 Å². The van der Waals surface area contributed by atoms with Crippen LogP contribution in [0.4, 0.5) is 4.39 Å². The van der Waals surface area contributed by atoms with Gasteiger partial charge in [-0.05, 0) is 92.3 Å². The van der Waals surface area contributed by atoms with Gasteiger partial charge in [-0.25, -0.2) is 4.39 Å². The van der Waals surface area contributed by atoms with Gasteiger partial charge in [0.2, 0.25) is 0 Å². The quantitative estimate of drug-likeness (QED) is 0.475. The maximum atomic E-state index is 15.0. The number of alkyl halides is 1. The van der Waals surface area contributed by atoms with E-state index < -0.39 is 12.1 Å². The molecule has 9 atom stereocenters. The van der Waals surface area contributed by atoms with E-state index in [1.54, 1.807) is 0 Å². The van der Waals surface area contributed by atoms with Crippen molar-refractivity contribution >= 4 is 11.8 Å². The number of carbonyl (C=O) groups is 2. The molecular formula is C28H49FO3. The first-order chi connectivity index (χ1) is 15.2. The van der Waals surface area contributed by atoms with Crippen LogP contribution in [0.15, 0.2) is 0 Å². The largest absolute Gasteiger partial charge is 0.481 e. The Labute approximate surface area is 196 Å². The molecular weight excluding hydrogens is 403 g/mol. The first-order valence-corrected chi connectivity index (χ1v) is 13.6. The second kappa shape index (κ2) is 11.0. The van der Waals surface area contributed by atoms with E-state index in [2.05, 4.69) is 13.8 Å². The number of carboxylic acids is 1. The maximum Gasteiger partial charge on any atom is 0.303 e. The average molecular weight is 453 g/mol. The summed E-state index contributed by atoms with van der Waals surface area (Å²) in [7, 11) is 0. The first-order valence-electron chi connectivity index (χ1n) is 13.6. The number of hydrogen-bond donors (Lipinski definition) is 1. The van der Waals surface area contributed by atoms with Gasteiger partial charge in [0.1, 0.15) is 0 Å². The molecule has 0 saturated heterocycles. The van der Waals surface area contributed by atoms with E-state index in [0.717, 1.165) is 38.5 Å². The predicted octanol–water partition coefficient (Wildman–Crippen LogP) is 7.72. The number of aliphatic carboxylic acids is 1. The molecule has 4 heteroatoms. The molecule has 0 aromatic heterocycles. The second-order valence-corrected chi connectivity index (χ2v) is 11.1. The summed E-state index contributed by atoms with van der Waals surface area (Å²) in [6.07, 6.45) is 8.50. The van der Waals surface area contributed by atoms with Crippen LogP contribution in [-0.2, 0) is 9.59 Å². The Hall–Kier alpha value is -0.930. The Morgan fingerprint density at radius 3 is 2.19 bits per heavy atom. The molecule has 9 unspecified atom stereocenters. The standard InChI is InChI=1S/C24H37FO3.2C2H6/c1-14-13-24(3)18-11-12-23(2)15(5-4-6-20(26)27)7-9-17(23)16(18)8-10-19(24)21(25)22(14)28;2*1-2/h14-19,21H,4-13H2,1-3H3,(H,26,27);2*1-2H3. The van der Waals surface area contributed by atoms with Gasteiger partial charge in [0, 0.05) is 18.3 Å². The van der Waals surface area contributed by atoms with Crippen LogP contribution in [-0.4, -0.2) is 23.0 Å². The summed E-state index contributed by atoms with van der Waals surface area (Å²) in [5.74, 6) is 1.50. The van der Waals surface area contributed by atoms with Crippen LogP contribution in [0.1, 0.15) is 113 Å². The number of carbonyl (C=O) groups excluding carboxylic acids is 1. The van der Waals surface area contributed by atoms with Crippen LogP contribution in [0.3, 0.4) is 0 Å². The minimum Gasteiger partial charge on any atom is -0.481 e. The van der Waals surface area contributed by atoms with Crippen molar-refractivity contribution in [1.82, 2.24) is 0 Å². The summed E-state index contributed by atoms with van der Waals surface area (Å²) in [4.78, 5) is 23.2. The van der Waals surface area contributed by atoms with Crippen LogP contribution < -0.4 is 0 Å². The lowest BCUT2D eigenvalue weighted by molar-refractivity contribution is -0.161. The third-order valence-corrected chi connectivity index (χ3v) is 9.94. The molecule has 3 nitrogen and oxygen atoms in total. The zero-order valence-corrected chi connectivity index (χ0v) is 21.8. The van der Waals surface area contributed by atoms with E-state index in [4.69, 9.17) is 5.11 Å². The van der Waals surface area contributed by atoms with Gasteiger partial charge in [0.15, 0.2) is 12.0 Å². The molecule has 0 spiro atoms. The smallest absolute Gasteiger partial charge is 0.303 e. The average Bonchev–Trinajstić information content (AvgIpc) is 3.11. The van der Waals surface area contributed by atoms with Gasteiger partial charge in [-0.3, -0.25) is 9.59 Å². The van der Waals surface area contributed by atoms with Crippen molar-refractivity contribution in [2.24, 2.45) is 46.3 Å². The summed E-state index contributed by atoms with van der Waals surface area (Å²) < 4.78 is 15.0. The molecule has 0 radical (unpaired) electrons. The summed E-state index contributed by atoms with van der Waals surface area (Å²) in [5, 5.41) is 8.98. The van der Waals surface area contributed by atoms with Crippen LogP contribution in [0.25, 0.3) is 0 Å². The van der Waals surface area contributed by atoms with E-state index in [-0.39, 0.29) is 29.5 Å². The lowest BCUT2D eigenvalue weighted by atomic mass is 9.43. The molecule has 4 fully saturated rings. The molecule has 4 saturated carbocycles. The predicted molar refractivity (Wildman–Crippen MR) is 129 cm³/mol.